The van der Waals surface area contributed by atoms with Crippen LogP contribution in [0.15, 0.2) is 30.3 Å². The van der Waals surface area contributed by atoms with E-state index in [9.17, 15) is 9.59 Å². The van der Waals surface area contributed by atoms with Gasteiger partial charge < -0.3 is 10.2 Å². The largest absolute Gasteiger partial charge is 0.350 e. The van der Waals surface area contributed by atoms with Crippen LogP contribution in [0.3, 0.4) is 0 Å². The molecule has 6 heteroatoms. The molecule has 2 heterocycles. The summed E-state index contributed by atoms with van der Waals surface area (Å²) >= 11 is 0. The predicted molar refractivity (Wildman–Crippen MR) is 99.9 cm³/mol. The van der Waals surface area contributed by atoms with Crippen molar-refractivity contribution >= 4 is 11.8 Å². The van der Waals surface area contributed by atoms with Gasteiger partial charge >= 0.3 is 0 Å². The molecular weight excluding hydrogens is 328 g/mol. The second-order valence-corrected chi connectivity index (χ2v) is 6.80. The molecule has 0 atom stereocenters. The van der Waals surface area contributed by atoms with E-state index in [1.807, 2.05) is 48.9 Å². The zero-order chi connectivity index (χ0) is 18.5. The Bertz CT molecular complexity index is 783. The summed E-state index contributed by atoms with van der Waals surface area (Å²) in [6, 6.07) is 9.94. The highest BCUT2D eigenvalue weighted by atomic mass is 16.2. The van der Waals surface area contributed by atoms with Crippen molar-refractivity contribution in [2.24, 2.45) is 0 Å². The lowest BCUT2D eigenvalue weighted by molar-refractivity contribution is -0.135. The Kier molecular flexibility index (Phi) is 5.71. The molecule has 2 aromatic rings. The quantitative estimate of drug-likeness (QED) is 0.897. The first-order valence-electron chi connectivity index (χ1n) is 9.21. The number of amides is 2. The number of carbonyl (C=O) groups excluding carboxylic acids is 2. The number of hydrogen-bond acceptors (Lipinski definition) is 3. The van der Waals surface area contributed by atoms with Crippen molar-refractivity contribution in [2.45, 2.75) is 46.1 Å². The van der Waals surface area contributed by atoms with Crippen molar-refractivity contribution in [3.8, 4) is 5.69 Å². The smallest absolute Gasteiger partial charge is 0.239 e. The standard InChI is InChI=1S/C20H26N4O2/c1-15-18(16(2)24(22-15)17-9-5-3-6-10-17)13-21-19(25)14-23-12-8-4-7-11-20(23)26/h3,5-6,9-10H,4,7-8,11-14H2,1-2H3,(H,21,25). The van der Waals surface area contributed by atoms with Gasteiger partial charge in [0.05, 0.1) is 17.9 Å². The van der Waals surface area contributed by atoms with Crippen LogP contribution < -0.4 is 5.32 Å². The van der Waals surface area contributed by atoms with Crippen molar-refractivity contribution in [3.63, 3.8) is 0 Å². The maximum absolute atomic E-state index is 12.3. The molecule has 0 bridgehead atoms. The second kappa shape index (κ2) is 8.17. The molecule has 26 heavy (non-hydrogen) atoms. The van der Waals surface area contributed by atoms with Crippen LogP contribution in [-0.2, 0) is 16.1 Å². The van der Waals surface area contributed by atoms with Gasteiger partial charge in [0, 0.05) is 30.8 Å². The van der Waals surface area contributed by atoms with Gasteiger partial charge in [-0.2, -0.15) is 5.10 Å². The minimum absolute atomic E-state index is 0.0851. The molecule has 0 aliphatic carbocycles. The molecule has 1 N–H and O–H groups in total. The molecule has 6 nitrogen and oxygen atoms in total. The summed E-state index contributed by atoms with van der Waals surface area (Å²) in [6.45, 7) is 5.20. The lowest BCUT2D eigenvalue weighted by Gasteiger charge is -2.19. The molecule has 0 radical (unpaired) electrons. The number of aryl methyl sites for hydroxylation is 1. The summed E-state index contributed by atoms with van der Waals surface area (Å²) in [4.78, 5) is 26.0. The zero-order valence-electron chi connectivity index (χ0n) is 15.5. The Balaban J connectivity index is 1.63. The first-order valence-corrected chi connectivity index (χ1v) is 9.21. The van der Waals surface area contributed by atoms with Crippen LogP contribution in [0.1, 0.15) is 42.6 Å². The third kappa shape index (κ3) is 4.12. The van der Waals surface area contributed by atoms with Gasteiger partial charge in [-0.3, -0.25) is 9.59 Å². The van der Waals surface area contributed by atoms with E-state index < -0.39 is 0 Å². The van der Waals surface area contributed by atoms with Crippen LogP contribution in [0, 0.1) is 13.8 Å². The van der Waals surface area contributed by atoms with Gasteiger partial charge in [0.15, 0.2) is 0 Å². The normalized spacial score (nSPS) is 15.0. The number of rotatable bonds is 5. The van der Waals surface area contributed by atoms with E-state index in [4.69, 9.17) is 0 Å². The van der Waals surface area contributed by atoms with E-state index in [1.165, 1.54) is 0 Å². The maximum Gasteiger partial charge on any atom is 0.239 e. The van der Waals surface area contributed by atoms with Crippen LogP contribution in [0.5, 0.6) is 0 Å². The van der Waals surface area contributed by atoms with E-state index >= 15 is 0 Å². The van der Waals surface area contributed by atoms with Gasteiger partial charge in [0.25, 0.3) is 0 Å². The number of para-hydroxylation sites is 1. The van der Waals surface area contributed by atoms with Gasteiger partial charge in [-0.25, -0.2) is 4.68 Å². The molecule has 3 rings (SSSR count). The highest BCUT2D eigenvalue weighted by Crippen LogP contribution is 2.17. The zero-order valence-corrected chi connectivity index (χ0v) is 15.5. The average Bonchev–Trinajstić information content (AvgIpc) is 2.78. The molecule has 0 saturated carbocycles. The molecular formula is C20H26N4O2. The monoisotopic (exact) mass is 354 g/mol. The van der Waals surface area contributed by atoms with Crippen LogP contribution >= 0.6 is 0 Å². The number of nitrogens with zero attached hydrogens (tertiary/aromatic N) is 3. The number of likely N-dealkylation sites (tertiary alicyclic amines) is 1. The van der Waals surface area contributed by atoms with Crippen LogP contribution in [0.25, 0.3) is 5.69 Å². The van der Waals surface area contributed by atoms with Crippen molar-refractivity contribution in [3.05, 3.63) is 47.3 Å². The molecule has 1 fully saturated rings. The van der Waals surface area contributed by atoms with Gasteiger partial charge in [-0.15, -0.1) is 0 Å². The lowest BCUT2D eigenvalue weighted by atomic mass is 10.2. The van der Waals surface area contributed by atoms with Crippen molar-refractivity contribution in [2.75, 3.05) is 13.1 Å². The maximum atomic E-state index is 12.3. The highest BCUT2D eigenvalue weighted by Gasteiger charge is 2.20. The summed E-state index contributed by atoms with van der Waals surface area (Å²) in [5.74, 6) is -0.0339. The fourth-order valence-electron chi connectivity index (χ4n) is 3.37. The minimum atomic E-state index is -0.119. The minimum Gasteiger partial charge on any atom is -0.350 e. The molecule has 2 amide bonds. The Labute approximate surface area is 154 Å². The Morgan fingerprint density at radius 3 is 2.69 bits per heavy atom. The SMILES string of the molecule is Cc1nn(-c2ccccc2)c(C)c1CNC(=O)CN1CCCCCC1=O. The number of nitrogens with one attached hydrogen (secondary N) is 1. The van der Waals surface area contributed by atoms with E-state index in [0.717, 1.165) is 41.9 Å². The summed E-state index contributed by atoms with van der Waals surface area (Å²) < 4.78 is 1.90. The molecule has 1 aromatic carbocycles. The molecule has 1 aliphatic rings. The van der Waals surface area contributed by atoms with Crippen molar-refractivity contribution < 1.29 is 9.59 Å². The van der Waals surface area contributed by atoms with E-state index in [1.54, 1.807) is 4.90 Å². The molecule has 138 valence electrons. The van der Waals surface area contributed by atoms with Crippen LogP contribution in [-0.4, -0.2) is 39.6 Å². The van der Waals surface area contributed by atoms with Crippen molar-refractivity contribution in [1.29, 1.82) is 0 Å². The highest BCUT2D eigenvalue weighted by molar-refractivity contribution is 5.84. The first-order chi connectivity index (χ1) is 12.6. The van der Waals surface area contributed by atoms with E-state index in [-0.39, 0.29) is 18.4 Å². The first kappa shape index (κ1) is 18.2. The summed E-state index contributed by atoms with van der Waals surface area (Å²) in [6.07, 6.45) is 3.51. The fourth-order valence-corrected chi connectivity index (χ4v) is 3.37. The third-order valence-electron chi connectivity index (χ3n) is 4.91. The molecule has 0 unspecified atom stereocenters. The van der Waals surface area contributed by atoms with Crippen LogP contribution in [0.4, 0.5) is 0 Å². The van der Waals surface area contributed by atoms with Gasteiger partial charge in [0.2, 0.25) is 11.8 Å². The van der Waals surface area contributed by atoms with Gasteiger partial charge in [0.1, 0.15) is 0 Å². The average molecular weight is 354 g/mol. The van der Waals surface area contributed by atoms with E-state index in [2.05, 4.69) is 10.4 Å². The molecule has 1 aliphatic heterocycles. The summed E-state index contributed by atoms with van der Waals surface area (Å²) in [7, 11) is 0. The molecule has 0 spiro atoms. The van der Waals surface area contributed by atoms with Gasteiger partial charge in [-0.05, 0) is 38.8 Å². The number of benzene rings is 1. The molecule has 1 saturated heterocycles. The number of aromatic nitrogens is 2. The van der Waals surface area contributed by atoms with Crippen molar-refractivity contribution in [1.82, 2.24) is 20.0 Å². The molecule has 1 aromatic heterocycles. The van der Waals surface area contributed by atoms with E-state index in [0.29, 0.717) is 19.5 Å². The second-order valence-electron chi connectivity index (χ2n) is 6.80. The third-order valence-corrected chi connectivity index (χ3v) is 4.91. The Hall–Kier alpha value is -2.63. The Morgan fingerprint density at radius 1 is 1.15 bits per heavy atom. The Morgan fingerprint density at radius 2 is 1.92 bits per heavy atom. The van der Waals surface area contributed by atoms with Crippen LogP contribution in [0.2, 0.25) is 0 Å². The fraction of sp³-hybridized carbons (Fsp3) is 0.450. The summed E-state index contributed by atoms with van der Waals surface area (Å²) in [5.41, 5.74) is 3.93. The number of hydrogen-bond donors (Lipinski definition) is 1. The summed E-state index contributed by atoms with van der Waals surface area (Å²) in [5, 5.41) is 7.55. The topological polar surface area (TPSA) is 67.2 Å². The van der Waals surface area contributed by atoms with Gasteiger partial charge in [-0.1, -0.05) is 24.6 Å². The predicted octanol–water partition coefficient (Wildman–Crippen LogP) is 2.51. The lowest BCUT2D eigenvalue weighted by Crippen LogP contribution is -2.40. The number of carbonyl (C=O) groups is 2.